The van der Waals surface area contributed by atoms with Gasteiger partial charge in [-0.2, -0.15) is 0 Å². The van der Waals surface area contributed by atoms with E-state index in [-0.39, 0.29) is 11.7 Å². The third kappa shape index (κ3) is 4.74. The van der Waals surface area contributed by atoms with E-state index in [9.17, 15) is 9.18 Å². The zero-order valence-corrected chi connectivity index (χ0v) is 17.6. The molecule has 1 fully saturated rings. The number of nitrogens with zero attached hydrogens (tertiary/aromatic N) is 4. The quantitative estimate of drug-likeness (QED) is 0.590. The van der Waals surface area contributed by atoms with Crippen molar-refractivity contribution in [3.05, 3.63) is 60.0 Å². The van der Waals surface area contributed by atoms with E-state index in [1.54, 1.807) is 19.2 Å². The number of benzene rings is 2. The van der Waals surface area contributed by atoms with Crippen LogP contribution in [0.25, 0.3) is 10.8 Å². The Hall–Kier alpha value is -3.26. The van der Waals surface area contributed by atoms with Crippen molar-refractivity contribution in [1.82, 2.24) is 15.5 Å². The van der Waals surface area contributed by atoms with Crippen molar-refractivity contribution in [2.75, 3.05) is 56.2 Å². The number of halogens is 1. The lowest BCUT2D eigenvalue weighted by Crippen LogP contribution is -2.47. The van der Waals surface area contributed by atoms with E-state index >= 15 is 0 Å². The van der Waals surface area contributed by atoms with Crippen LogP contribution in [-0.2, 0) is 4.74 Å². The standard InChI is InChI=1S/C23H26FN5O2/c1-31-16-4-11-25-23(30)21-19-5-2-3-6-20(19)22(27-26-21)29-14-12-28(13-15-29)18-9-7-17(24)8-10-18/h2-3,5-10H,4,11-16H2,1H3,(H,25,30). The maximum Gasteiger partial charge on any atom is 0.272 e. The van der Waals surface area contributed by atoms with Crippen LogP contribution in [0.2, 0.25) is 0 Å². The van der Waals surface area contributed by atoms with Gasteiger partial charge in [-0.25, -0.2) is 4.39 Å². The molecule has 1 saturated heterocycles. The zero-order valence-electron chi connectivity index (χ0n) is 17.6. The molecule has 2 aromatic carbocycles. The normalized spacial score (nSPS) is 14.1. The van der Waals surface area contributed by atoms with Crippen molar-refractivity contribution < 1.29 is 13.9 Å². The van der Waals surface area contributed by atoms with Crippen LogP contribution in [0.1, 0.15) is 16.9 Å². The Morgan fingerprint density at radius 3 is 2.39 bits per heavy atom. The summed E-state index contributed by atoms with van der Waals surface area (Å²) in [6.07, 6.45) is 0.740. The Bertz CT molecular complexity index is 1040. The molecular formula is C23H26FN5O2. The number of carbonyl (C=O) groups excluding carboxylic acids is 1. The highest BCUT2D eigenvalue weighted by atomic mass is 19.1. The Balaban J connectivity index is 1.50. The number of hydrogen-bond donors (Lipinski definition) is 1. The van der Waals surface area contributed by atoms with Gasteiger partial charge < -0.3 is 19.9 Å². The van der Waals surface area contributed by atoms with Gasteiger partial charge in [0.1, 0.15) is 5.82 Å². The first-order chi connectivity index (χ1) is 15.2. The van der Waals surface area contributed by atoms with Crippen molar-refractivity contribution in [1.29, 1.82) is 0 Å². The lowest BCUT2D eigenvalue weighted by molar-refractivity contribution is 0.0944. The number of nitrogens with one attached hydrogen (secondary N) is 1. The summed E-state index contributed by atoms with van der Waals surface area (Å²) in [6, 6.07) is 14.3. The number of aromatic nitrogens is 2. The molecule has 0 aliphatic carbocycles. The number of carbonyl (C=O) groups is 1. The van der Waals surface area contributed by atoms with Crippen molar-refractivity contribution in [2.24, 2.45) is 0 Å². The number of hydrogen-bond acceptors (Lipinski definition) is 6. The molecular weight excluding hydrogens is 397 g/mol. The summed E-state index contributed by atoms with van der Waals surface area (Å²) in [7, 11) is 1.64. The average Bonchev–Trinajstić information content (AvgIpc) is 2.82. The van der Waals surface area contributed by atoms with Crippen LogP contribution >= 0.6 is 0 Å². The first-order valence-corrected chi connectivity index (χ1v) is 10.5. The molecule has 0 unspecified atom stereocenters. The van der Waals surface area contributed by atoms with E-state index in [0.29, 0.717) is 18.8 Å². The number of fused-ring (bicyclic) bond motifs is 1. The molecule has 1 aromatic heterocycles. The van der Waals surface area contributed by atoms with Crippen LogP contribution in [0.5, 0.6) is 0 Å². The minimum absolute atomic E-state index is 0.229. The summed E-state index contributed by atoms with van der Waals surface area (Å²) >= 11 is 0. The monoisotopic (exact) mass is 423 g/mol. The number of rotatable bonds is 7. The van der Waals surface area contributed by atoms with Gasteiger partial charge in [0.15, 0.2) is 11.5 Å². The van der Waals surface area contributed by atoms with Crippen LogP contribution in [-0.4, -0.2) is 62.5 Å². The van der Waals surface area contributed by atoms with E-state index < -0.39 is 0 Å². The number of methoxy groups -OCH3 is 1. The molecule has 2 heterocycles. The Morgan fingerprint density at radius 1 is 1.00 bits per heavy atom. The van der Waals surface area contributed by atoms with Crippen molar-refractivity contribution in [3.63, 3.8) is 0 Å². The van der Waals surface area contributed by atoms with Gasteiger partial charge in [0.25, 0.3) is 5.91 Å². The van der Waals surface area contributed by atoms with Gasteiger partial charge in [0.05, 0.1) is 0 Å². The minimum atomic E-state index is -0.230. The summed E-state index contributed by atoms with van der Waals surface area (Å²) < 4.78 is 18.2. The first-order valence-electron chi connectivity index (χ1n) is 10.5. The summed E-state index contributed by atoms with van der Waals surface area (Å²) in [5.74, 6) is 0.324. The predicted molar refractivity (Wildman–Crippen MR) is 119 cm³/mol. The van der Waals surface area contributed by atoms with Crippen LogP contribution in [0.3, 0.4) is 0 Å². The van der Waals surface area contributed by atoms with Crippen molar-refractivity contribution >= 4 is 28.2 Å². The summed E-state index contributed by atoms with van der Waals surface area (Å²) in [6.45, 7) is 4.23. The van der Waals surface area contributed by atoms with Gasteiger partial charge in [-0.05, 0) is 30.7 Å². The number of ether oxygens (including phenoxy) is 1. The van der Waals surface area contributed by atoms with E-state index in [0.717, 1.165) is 54.9 Å². The average molecular weight is 423 g/mol. The lowest BCUT2D eigenvalue weighted by atomic mass is 10.1. The van der Waals surface area contributed by atoms with Crippen LogP contribution in [0.15, 0.2) is 48.5 Å². The lowest BCUT2D eigenvalue weighted by Gasteiger charge is -2.37. The maximum absolute atomic E-state index is 13.2. The zero-order chi connectivity index (χ0) is 21.6. The van der Waals surface area contributed by atoms with Crippen LogP contribution < -0.4 is 15.1 Å². The predicted octanol–water partition coefficient (Wildman–Crippen LogP) is 2.86. The van der Waals surface area contributed by atoms with E-state index in [4.69, 9.17) is 4.74 Å². The molecule has 1 aliphatic heterocycles. The van der Waals surface area contributed by atoms with Crippen molar-refractivity contribution in [3.8, 4) is 0 Å². The molecule has 31 heavy (non-hydrogen) atoms. The highest BCUT2D eigenvalue weighted by Crippen LogP contribution is 2.27. The second-order valence-corrected chi connectivity index (χ2v) is 7.47. The van der Waals surface area contributed by atoms with Gasteiger partial charge in [-0.1, -0.05) is 24.3 Å². The fraction of sp³-hybridized carbons (Fsp3) is 0.348. The van der Waals surface area contributed by atoms with Gasteiger partial charge in [0, 0.05) is 62.9 Å². The molecule has 0 bridgehead atoms. The molecule has 1 aliphatic rings. The summed E-state index contributed by atoms with van der Waals surface area (Å²) in [4.78, 5) is 17.1. The fourth-order valence-electron chi connectivity index (χ4n) is 3.82. The summed E-state index contributed by atoms with van der Waals surface area (Å²) in [5, 5.41) is 13.3. The topological polar surface area (TPSA) is 70.6 Å². The maximum atomic E-state index is 13.2. The second-order valence-electron chi connectivity index (χ2n) is 7.47. The Kier molecular flexibility index (Phi) is 6.57. The highest BCUT2D eigenvalue weighted by molar-refractivity contribution is 6.07. The third-order valence-corrected chi connectivity index (χ3v) is 5.46. The van der Waals surface area contributed by atoms with Crippen molar-refractivity contribution in [2.45, 2.75) is 6.42 Å². The van der Waals surface area contributed by atoms with Gasteiger partial charge in [-0.15, -0.1) is 10.2 Å². The molecule has 0 spiro atoms. The summed E-state index contributed by atoms with van der Waals surface area (Å²) in [5.41, 5.74) is 1.35. The van der Waals surface area contributed by atoms with Gasteiger partial charge in [0.2, 0.25) is 0 Å². The molecule has 7 nitrogen and oxygen atoms in total. The van der Waals surface area contributed by atoms with E-state index in [2.05, 4.69) is 25.3 Å². The Morgan fingerprint density at radius 2 is 1.68 bits per heavy atom. The molecule has 3 aromatic rings. The number of amides is 1. The highest BCUT2D eigenvalue weighted by Gasteiger charge is 2.22. The van der Waals surface area contributed by atoms with Crippen LogP contribution in [0, 0.1) is 5.82 Å². The SMILES string of the molecule is COCCCNC(=O)c1nnc(N2CCN(c3ccc(F)cc3)CC2)c2ccccc12. The smallest absolute Gasteiger partial charge is 0.272 e. The molecule has 4 rings (SSSR count). The third-order valence-electron chi connectivity index (χ3n) is 5.46. The van der Waals surface area contributed by atoms with E-state index in [1.807, 2.05) is 24.3 Å². The number of anilines is 2. The number of piperazine rings is 1. The molecule has 1 N–H and O–H groups in total. The molecule has 0 radical (unpaired) electrons. The second kappa shape index (κ2) is 9.70. The van der Waals surface area contributed by atoms with E-state index in [1.165, 1.54) is 12.1 Å². The molecule has 0 atom stereocenters. The van der Waals surface area contributed by atoms with Gasteiger partial charge >= 0.3 is 0 Å². The van der Waals surface area contributed by atoms with Gasteiger partial charge in [-0.3, -0.25) is 4.79 Å². The first kappa shape index (κ1) is 21.0. The largest absolute Gasteiger partial charge is 0.385 e. The molecule has 0 saturated carbocycles. The Labute approximate surface area is 180 Å². The molecule has 162 valence electrons. The van der Waals surface area contributed by atoms with Crippen LogP contribution in [0.4, 0.5) is 15.9 Å². The molecule has 8 heteroatoms. The molecule has 1 amide bonds. The fourth-order valence-corrected chi connectivity index (χ4v) is 3.82. The minimum Gasteiger partial charge on any atom is -0.385 e.